The average Bonchev–Trinajstić information content (AvgIpc) is 1.80. The summed E-state index contributed by atoms with van der Waals surface area (Å²) in [6.07, 6.45) is 0.269. The third-order valence-electron chi connectivity index (χ3n) is 16.1. The predicted octanol–water partition coefficient (Wildman–Crippen LogP) is 1.27. The van der Waals surface area contributed by atoms with Crippen LogP contribution in [0, 0.1) is 11.8 Å². The zero-order valence-corrected chi connectivity index (χ0v) is 53.3. The Balaban J connectivity index is 1.21. The van der Waals surface area contributed by atoms with Gasteiger partial charge in [0.05, 0.1) is 6.42 Å². The van der Waals surface area contributed by atoms with Crippen molar-refractivity contribution in [2.24, 2.45) is 17.6 Å². The van der Waals surface area contributed by atoms with E-state index in [1.54, 1.807) is 121 Å². The van der Waals surface area contributed by atoms with Gasteiger partial charge in [-0.15, -0.1) is 0 Å². The first-order valence-electron chi connectivity index (χ1n) is 31.7. The van der Waals surface area contributed by atoms with Crippen molar-refractivity contribution in [1.82, 2.24) is 52.3 Å². The lowest BCUT2D eigenvalue weighted by Gasteiger charge is -2.32. The summed E-state index contributed by atoms with van der Waals surface area (Å²) in [4.78, 5) is 169. The summed E-state index contributed by atoms with van der Waals surface area (Å²) in [5, 5.41) is 41.8. The van der Waals surface area contributed by atoms with Gasteiger partial charge in [-0.1, -0.05) is 149 Å². The Morgan fingerprint density at radius 1 is 0.441 bits per heavy atom. The minimum Gasteiger partial charge on any atom is -0.480 e. The highest BCUT2D eigenvalue weighted by atomic mass is 16.4. The number of benzene rings is 4. The van der Waals surface area contributed by atoms with Crippen LogP contribution < -0.4 is 48.3 Å². The van der Waals surface area contributed by atoms with E-state index in [4.69, 9.17) is 5.73 Å². The van der Waals surface area contributed by atoms with Crippen LogP contribution in [0.5, 0.6) is 0 Å². The van der Waals surface area contributed by atoms with Gasteiger partial charge in [0.2, 0.25) is 65.0 Å². The minimum atomic E-state index is -1.71. The fourth-order valence-electron chi connectivity index (χ4n) is 11.6. The predicted molar refractivity (Wildman–Crippen MR) is 343 cm³/mol. The number of hydrogen-bond acceptors (Lipinski definition) is 13. The summed E-state index contributed by atoms with van der Waals surface area (Å²) < 4.78 is 0. The van der Waals surface area contributed by atoms with Crippen LogP contribution in [-0.2, 0) is 83.2 Å². The first kappa shape index (κ1) is 72.5. The lowest BCUT2D eigenvalue weighted by molar-refractivity contribution is -0.144. The number of likely N-dealkylation sites (tertiary alicyclic amines) is 2. The first-order valence-corrected chi connectivity index (χ1v) is 31.7. The van der Waals surface area contributed by atoms with Crippen molar-refractivity contribution in [3.05, 3.63) is 144 Å². The van der Waals surface area contributed by atoms with Crippen molar-refractivity contribution in [3.8, 4) is 0 Å². The number of aliphatic hydroxyl groups is 1. The summed E-state index contributed by atoms with van der Waals surface area (Å²) in [5.41, 5.74) is 7.75. The normalized spacial score (nSPS) is 17.0. The molecule has 0 aliphatic carbocycles. The standard InChI is InChI=1S/C68H89N11O14/c1-41(2)34-53(70-43(5)81)66(90)78-31-18-28-56(78)64(88)74-51(38-46-24-14-8-15-25-46)61(85)72-49(36-44-20-10-6-11-21-44)60(84)71-48(30-33-80)59(83)76-54(35-42(3)4)67(91)79-32-19-29-57(79)65(89)75-52(39-47-26-16-9-17-27-47)62(86)73-50(37-45-22-12-7-13-23-45)63(87)77-55(68(92)93)40-58(69)82/h6-17,20-27,41-42,48-57,80H,18-19,28-40H2,1-5H3,(H2,69,82)(H,70,81)(H,71,84)(H,72,85)(H,73,86)(H,74,88)(H,75,89)(H,76,83)(H,77,87)(H,92,93)/t48-,49-,50-,51-,52-,53-,54-,55-,56-,57-/m0/s1. The topological polar surface area (TPSA) is 374 Å². The van der Waals surface area contributed by atoms with E-state index in [9.17, 15) is 67.7 Å². The van der Waals surface area contributed by atoms with Crippen molar-refractivity contribution in [1.29, 1.82) is 0 Å². The van der Waals surface area contributed by atoms with Crippen molar-refractivity contribution >= 4 is 70.9 Å². The number of rotatable bonds is 34. The second-order valence-electron chi connectivity index (χ2n) is 24.6. The molecule has 12 N–H and O–H groups in total. The molecule has 2 heterocycles. The van der Waals surface area contributed by atoms with Crippen LogP contribution in [-0.4, -0.2) is 171 Å². The van der Waals surface area contributed by atoms with Crippen molar-refractivity contribution in [2.45, 2.75) is 172 Å². The number of primary amides is 1. The second-order valence-corrected chi connectivity index (χ2v) is 24.6. The first-order chi connectivity index (χ1) is 44.4. The van der Waals surface area contributed by atoms with Gasteiger partial charge in [-0.2, -0.15) is 0 Å². The van der Waals surface area contributed by atoms with E-state index in [2.05, 4.69) is 42.5 Å². The maximum absolute atomic E-state index is 14.9. The van der Waals surface area contributed by atoms with Gasteiger partial charge in [0.15, 0.2) is 0 Å². The van der Waals surface area contributed by atoms with E-state index >= 15 is 0 Å². The van der Waals surface area contributed by atoms with Gasteiger partial charge in [-0.05, 0) is 79.0 Å². The summed E-state index contributed by atoms with van der Waals surface area (Å²) in [6, 6.07) is 21.8. The highest BCUT2D eigenvalue weighted by molar-refractivity contribution is 5.99. The van der Waals surface area contributed by atoms with Gasteiger partial charge in [0.1, 0.15) is 60.4 Å². The maximum Gasteiger partial charge on any atom is 0.326 e. The van der Waals surface area contributed by atoms with Crippen LogP contribution in [0.25, 0.3) is 0 Å². The zero-order valence-electron chi connectivity index (χ0n) is 53.3. The number of carboxylic acid groups (broad SMARTS) is 1. The molecular formula is C68H89N11O14. The van der Waals surface area contributed by atoms with Gasteiger partial charge in [0.25, 0.3) is 0 Å². The highest BCUT2D eigenvalue weighted by Crippen LogP contribution is 2.24. The molecule has 93 heavy (non-hydrogen) atoms. The highest BCUT2D eigenvalue weighted by Gasteiger charge is 2.42. The molecule has 0 radical (unpaired) electrons. The van der Waals surface area contributed by atoms with Gasteiger partial charge in [-0.3, -0.25) is 52.7 Å². The lowest BCUT2D eigenvalue weighted by atomic mass is 10.00. The summed E-state index contributed by atoms with van der Waals surface area (Å²) in [5.74, 6) is -9.76. The Morgan fingerprint density at radius 2 is 0.742 bits per heavy atom. The van der Waals surface area contributed by atoms with Crippen molar-refractivity contribution in [3.63, 3.8) is 0 Å². The number of carbonyl (C=O) groups excluding carboxylic acids is 11. The fourth-order valence-corrected chi connectivity index (χ4v) is 11.6. The minimum absolute atomic E-state index is 0.0278. The molecule has 0 bridgehead atoms. The summed E-state index contributed by atoms with van der Waals surface area (Å²) >= 11 is 0. The van der Waals surface area contributed by atoms with Gasteiger partial charge < -0.3 is 68.3 Å². The van der Waals surface area contributed by atoms with E-state index in [0.717, 1.165) is 0 Å². The molecule has 4 aromatic carbocycles. The molecule has 4 aromatic rings. The van der Waals surface area contributed by atoms with Crippen LogP contribution in [0.1, 0.15) is 108 Å². The molecule has 0 aromatic heterocycles. The number of hydrogen-bond donors (Lipinski definition) is 11. The third kappa shape index (κ3) is 22.7. The zero-order chi connectivity index (χ0) is 67.7. The van der Waals surface area contributed by atoms with Crippen LogP contribution in [0.2, 0.25) is 0 Å². The van der Waals surface area contributed by atoms with Crippen LogP contribution >= 0.6 is 0 Å². The summed E-state index contributed by atoms with van der Waals surface area (Å²) in [6.45, 7) is 8.49. The van der Waals surface area contributed by atoms with E-state index < -0.39 is 144 Å². The number of carboxylic acids is 1. The SMILES string of the molecule is CC(=O)N[C@@H](CC(C)C)C(=O)N1CCC[C@H]1C(=O)N[C@@H](Cc1ccccc1)C(=O)N[C@@H](Cc1ccccc1)C(=O)N[C@@H](CCO)C(=O)N[C@@H](CC(C)C)C(=O)N1CCC[C@H]1C(=O)N[C@@H](Cc1ccccc1)C(=O)N[C@@H](Cc1ccccc1)C(=O)N[C@@H](CC(N)=O)C(=O)O. The molecule has 25 heteroatoms. The van der Waals surface area contributed by atoms with E-state index in [1.165, 1.54) is 16.7 Å². The van der Waals surface area contributed by atoms with E-state index in [1.807, 2.05) is 27.7 Å². The number of aliphatic hydroxyl groups excluding tert-OH is 1. The molecule has 2 aliphatic rings. The quantitative estimate of drug-likeness (QED) is 0.0314. The molecule has 10 atom stereocenters. The number of amides is 11. The van der Waals surface area contributed by atoms with E-state index in [0.29, 0.717) is 41.5 Å². The molecular weight excluding hydrogens is 1190 g/mol. The largest absolute Gasteiger partial charge is 0.480 e. The number of nitrogens with zero attached hydrogens (tertiary/aromatic N) is 2. The smallest absolute Gasteiger partial charge is 0.326 e. The average molecular weight is 1280 g/mol. The molecule has 0 saturated carbocycles. The van der Waals surface area contributed by atoms with Gasteiger partial charge in [0, 0.05) is 52.3 Å². The molecule has 2 aliphatic heterocycles. The Bertz CT molecular complexity index is 3210. The van der Waals surface area contributed by atoms with Crippen LogP contribution in [0.4, 0.5) is 0 Å². The molecule has 11 amide bonds. The van der Waals surface area contributed by atoms with Crippen LogP contribution in [0.15, 0.2) is 121 Å². The lowest BCUT2D eigenvalue weighted by Crippen LogP contribution is -2.61. The molecule has 2 fully saturated rings. The molecule has 500 valence electrons. The Labute approximate surface area is 541 Å². The maximum atomic E-state index is 14.9. The molecule has 0 unspecified atom stereocenters. The molecule has 2 saturated heterocycles. The Kier molecular flexibility index (Phi) is 28.0. The van der Waals surface area contributed by atoms with Crippen molar-refractivity contribution < 1.29 is 67.7 Å². The Hall–Kier alpha value is -9.52. The van der Waals surface area contributed by atoms with E-state index in [-0.39, 0.29) is 76.3 Å². The Morgan fingerprint density at radius 3 is 1.05 bits per heavy atom. The van der Waals surface area contributed by atoms with Crippen LogP contribution in [0.3, 0.4) is 0 Å². The summed E-state index contributed by atoms with van der Waals surface area (Å²) in [7, 11) is 0. The molecule has 0 spiro atoms. The van der Waals surface area contributed by atoms with Gasteiger partial charge in [-0.25, -0.2) is 4.79 Å². The number of nitrogens with one attached hydrogen (secondary N) is 8. The number of aliphatic carboxylic acids is 1. The fraction of sp³-hybridized carbons (Fsp3) is 0.471. The molecule has 6 rings (SSSR count). The number of nitrogens with two attached hydrogens (primary N) is 1. The van der Waals surface area contributed by atoms with Crippen molar-refractivity contribution in [2.75, 3.05) is 19.7 Å². The number of carbonyl (C=O) groups is 12. The van der Waals surface area contributed by atoms with Gasteiger partial charge >= 0.3 is 5.97 Å². The molecule has 25 nitrogen and oxygen atoms in total. The third-order valence-corrected chi connectivity index (χ3v) is 16.1. The monoisotopic (exact) mass is 1280 g/mol. The second kappa shape index (κ2) is 35.9.